The highest BCUT2D eigenvalue weighted by molar-refractivity contribution is 6.02. The van der Waals surface area contributed by atoms with Gasteiger partial charge < -0.3 is 19.8 Å². The van der Waals surface area contributed by atoms with Gasteiger partial charge in [-0.3, -0.25) is 19.7 Å². The van der Waals surface area contributed by atoms with Gasteiger partial charge in [-0.25, -0.2) is 9.18 Å². The summed E-state index contributed by atoms with van der Waals surface area (Å²) in [5.41, 5.74) is -0.115. The van der Waals surface area contributed by atoms with Crippen LogP contribution in [-0.2, 0) is 14.3 Å². The molecule has 0 unspecified atom stereocenters. The fourth-order valence-electron chi connectivity index (χ4n) is 1.72. The molecule has 26 heavy (non-hydrogen) atoms. The van der Waals surface area contributed by atoms with Crippen LogP contribution < -0.4 is 16.0 Å². The summed E-state index contributed by atoms with van der Waals surface area (Å²) in [6, 6.07) is 7.30. The van der Waals surface area contributed by atoms with Crippen molar-refractivity contribution in [2.45, 2.75) is 0 Å². The van der Waals surface area contributed by atoms with Crippen LogP contribution >= 0.6 is 0 Å². The molecular weight excluding hydrogens is 349 g/mol. The monoisotopic (exact) mass is 363 g/mol. The van der Waals surface area contributed by atoms with Gasteiger partial charge in [-0.15, -0.1) is 0 Å². The van der Waals surface area contributed by atoms with E-state index >= 15 is 0 Å². The third-order valence-corrected chi connectivity index (χ3v) is 2.88. The first-order valence-corrected chi connectivity index (χ1v) is 7.28. The number of imide groups is 1. The van der Waals surface area contributed by atoms with Crippen molar-refractivity contribution in [3.05, 3.63) is 54.2 Å². The maximum Gasteiger partial charge on any atom is 0.326 e. The Balaban J connectivity index is 1.67. The minimum atomic E-state index is -0.984. The zero-order valence-electron chi connectivity index (χ0n) is 13.3. The molecule has 10 heteroatoms. The van der Waals surface area contributed by atoms with Gasteiger partial charge in [-0.1, -0.05) is 12.1 Å². The molecule has 1 aromatic carbocycles. The van der Waals surface area contributed by atoms with E-state index in [9.17, 15) is 23.6 Å². The predicted molar refractivity (Wildman–Crippen MR) is 85.6 cm³/mol. The number of hydrogen-bond acceptors (Lipinski definition) is 6. The number of rotatable bonds is 6. The number of nitrogens with one attached hydrogen (secondary N) is 3. The van der Waals surface area contributed by atoms with E-state index in [0.29, 0.717) is 0 Å². The molecule has 0 atom stereocenters. The van der Waals surface area contributed by atoms with E-state index in [4.69, 9.17) is 4.42 Å². The highest BCUT2D eigenvalue weighted by Crippen LogP contribution is 2.11. The second kappa shape index (κ2) is 8.97. The maximum atomic E-state index is 13.4. The van der Waals surface area contributed by atoms with Crippen molar-refractivity contribution < 1.29 is 32.7 Å². The molecule has 1 aromatic heterocycles. The Bertz CT molecular complexity index is 806. The van der Waals surface area contributed by atoms with E-state index in [0.717, 1.165) is 6.07 Å². The Morgan fingerprint density at radius 1 is 1.08 bits per heavy atom. The number of amides is 4. The number of urea groups is 1. The van der Waals surface area contributed by atoms with Gasteiger partial charge >= 0.3 is 12.0 Å². The summed E-state index contributed by atoms with van der Waals surface area (Å²) in [6.07, 6.45) is 1.30. The number of esters is 1. The molecule has 0 saturated carbocycles. The van der Waals surface area contributed by atoms with Crippen molar-refractivity contribution in [2.24, 2.45) is 0 Å². The standard InChI is InChI=1S/C16H14FN3O6/c17-10-4-1-2-5-11(10)19-16(24)20-13(21)9-26-14(22)8-18-15(23)12-6-3-7-25-12/h1-7H,8-9H2,(H,18,23)(H2,19,20,21,24). The Morgan fingerprint density at radius 3 is 2.54 bits per heavy atom. The SMILES string of the molecule is O=C(COC(=O)CNC(=O)c1ccco1)NC(=O)Nc1ccccc1F. The average Bonchev–Trinajstić information content (AvgIpc) is 3.14. The summed E-state index contributed by atoms with van der Waals surface area (Å²) in [7, 11) is 0. The highest BCUT2D eigenvalue weighted by Gasteiger charge is 2.14. The van der Waals surface area contributed by atoms with Crippen LogP contribution in [0.15, 0.2) is 47.1 Å². The number of halogens is 1. The van der Waals surface area contributed by atoms with Gasteiger partial charge in [-0.05, 0) is 24.3 Å². The van der Waals surface area contributed by atoms with Crippen molar-refractivity contribution in [2.75, 3.05) is 18.5 Å². The van der Waals surface area contributed by atoms with Crippen LogP contribution in [0.3, 0.4) is 0 Å². The first-order valence-electron chi connectivity index (χ1n) is 7.28. The highest BCUT2D eigenvalue weighted by atomic mass is 19.1. The van der Waals surface area contributed by atoms with Gasteiger partial charge in [0, 0.05) is 0 Å². The van der Waals surface area contributed by atoms with Crippen LogP contribution in [-0.4, -0.2) is 37.0 Å². The molecule has 0 spiro atoms. The first kappa shape index (κ1) is 18.6. The van der Waals surface area contributed by atoms with Crippen LogP contribution in [0.5, 0.6) is 0 Å². The Hall–Kier alpha value is -3.69. The summed E-state index contributed by atoms with van der Waals surface area (Å²) < 4.78 is 22.8. The molecule has 0 aliphatic heterocycles. The lowest BCUT2D eigenvalue weighted by molar-refractivity contribution is -0.147. The molecule has 2 rings (SSSR count). The van der Waals surface area contributed by atoms with Gasteiger partial charge in [0.1, 0.15) is 12.4 Å². The average molecular weight is 363 g/mol. The maximum absolute atomic E-state index is 13.4. The van der Waals surface area contributed by atoms with Crippen LogP contribution in [0.25, 0.3) is 0 Å². The molecule has 0 bridgehead atoms. The molecule has 0 aliphatic carbocycles. The van der Waals surface area contributed by atoms with E-state index < -0.39 is 42.8 Å². The number of carbonyl (C=O) groups is 4. The zero-order valence-corrected chi connectivity index (χ0v) is 13.3. The largest absolute Gasteiger partial charge is 0.459 e. The molecular formula is C16H14FN3O6. The molecule has 3 N–H and O–H groups in total. The molecule has 0 saturated heterocycles. The van der Waals surface area contributed by atoms with Crippen LogP contribution in [0.1, 0.15) is 10.6 Å². The van der Waals surface area contributed by atoms with E-state index in [1.54, 1.807) is 0 Å². The van der Waals surface area contributed by atoms with E-state index in [1.165, 1.54) is 36.6 Å². The number of ether oxygens (including phenoxy) is 1. The third kappa shape index (κ3) is 5.74. The van der Waals surface area contributed by atoms with E-state index in [1.807, 2.05) is 5.32 Å². The number of hydrogen-bond donors (Lipinski definition) is 3. The van der Waals surface area contributed by atoms with Crippen LogP contribution in [0.4, 0.5) is 14.9 Å². The molecule has 2 aromatic rings. The van der Waals surface area contributed by atoms with E-state index in [2.05, 4.69) is 15.4 Å². The number of carbonyl (C=O) groups excluding carboxylic acids is 4. The fraction of sp³-hybridized carbons (Fsp3) is 0.125. The lowest BCUT2D eigenvalue weighted by atomic mass is 10.3. The number of benzene rings is 1. The Kier molecular flexibility index (Phi) is 6.43. The molecule has 0 aliphatic rings. The molecule has 0 radical (unpaired) electrons. The smallest absolute Gasteiger partial charge is 0.326 e. The van der Waals surface area contributed by atoms with Crippen LogP contribution in [0.2, 0.25) is 0 Å². The molecule has 1 heterocycles. The minimum absolute atomic E-state index is 0.0142. The van der Waals surface area contributed by atoms with Gasteiger partial charge in [0.25, 0.3) is 11.8 Å². The molecule has 4 amide bonds. The summed E-state index contributed by atoms with van der Waals surface area (Å²) in [5.74, 6) is -3.10. The summed E-state index contributed by atoms with van der Waals surface area (Å²) in [4.78, 5) is 46.0. The Morgan fingerprint density at radius 2 is 1.85 bits per heavy atom. The molecule has 136 valence electrons. The zero-order chi connectivity index (χ0) is 18.9. The lowest BCUT2D eigenvalue weighted by Gasteiger charge is -2.08. The van der Waals surface area contributed by atoms with Crippen molar-refractivity contribution in [3.8, 4) is 0 Å². The summed E-state index contributed by atoms with van der Waals surface area (Å²) >= 11 is 0. The minimum Gasteiger partial charge on any atom is -0.459 e. The van der Waals surface area contributed by atoms with Gasteiger partial charge in [-0.2, -0.15) is 0 Å². The Labute approximate surface area is 146 Å². The topological polar surface area (TPSA) is 127 Å². The molecule has 9 nitrogen and oxygen atoms in total. The van der Waals surface area contributed by atoms with Crippen LogP contribution in [0, 0.1) is 5.82 Å². The van der Waals surface area contributed by atoms with Gasteiger partial charge in [0.2, 0.25) is 0 Å². The third-order valence-electron chi connectivity index (χ3n) is 2.88. The summed E-state index contributed by atoms with van der Waals surface area (Å²) in [5, 5.41) is 6.22. The summed E-state index contributed by atoms with van der Waals surface area (Å²) in [6.45, 7) is -1.24. The van der Waals surface area contributed by atoms with Crippen molar-refractivity contribution in [3.63, 3.8) is 0 Å². The van der Waals surface area contributed by atoms with Gasteiger partial charge in [0.05, 0.1) is 12.0 Å². The fourth-order valence-corrected chi connectivity index (χ4v) is 1.72. The van der Waals surface area contributed by atoms with Crippen molar-refractivity contribution >= 4 is 29.5 Å². The van der Waals surface area contributed by atoms with Gasteiger partial charge in [0.15, 0.2) is 12.4 Å². The number of para-hydroxylation sites is 1. The second-order valence-electron chi connectivity index (χ2n) is 4.80. The van der Waals surface area contributed by atoms with Crippen molar-refractivity contribution in [1.82, 2.24) is 10.6 Å². The normalized spacial score (nSPS) is 9.88. The number of furan rings is 1. The predicted octanol–water partition coefficient (Wildman–Crippen LogP) is 1.04. The quantitative estimate of drug-likeness (QED) is 0.658. The van der Waals surface area contributed by atoms with Crippen molar-refractivity contribution in [1.29, 1.82) is 0 Å². The lowest BCUT2D eigenvalue weighted by Crippen LogP contribution is -2.38. The van der Waals surface area contributed by atoms with E-state index in [-0.39, 0.29) is 11.4 Å². The second-order valence-corrected chi connectivity index (χ2v) is 4.80. The first-order chi connectivity index (χ1) is 12.5. The number of anilines is 1. The molecule has 0 fully saturated rings.